The van der Waals surface area contributed by atoms with E-state index in [2.05, 4.69) is 39.9 Å². The molecule has 0 unspecified atom stereocenters. The van der Waals surface area contributed by atoms with Crippen LogP contribution < -0.4 is 5.32 Å². The standard InChI is InChI=1S/C15H28N2S2/c1-6-8-9-16-10-12-14(15(3,4)5)17-13(19-12)11-18-7-2/h16H,6-11H2,1-5H3. The van der Waals surface area contributed by atoms with E-state index in [1.807, 2.05) is 23.1 Å². The van der Waals surface area contributed by atoms with E-state index in [-0.39, 0.29) is 5.41 Å². The van der Waals surface area contributed by atoms with Crippen LogP contribution in [0.2, 0.25) is 0 Å². The number of unbranched alkanes of at least 4 members (excludes halogenated alkanes) is 1. The first-order valence-corrected chi connectivity index (χ1v) is 9.23. The molecule has 0 amide bonds. The molecule has 0 saturated carbocycles. The molecule has 0 saturated heterocycles. The van der Waals surface area contributed by atoms with Gasteiger partial charge in [0.2, 0.25) is 0 Å². The van der Waals surface area contributed by atoms with E-state index in [0.717, 1.165) is 24.6 Å². The molecule has 0 atom stereocenters. The SMILES string of the molecule is CCCCNCc1sc(CSCC)nc1C(C)(C)C. The van der Waals surface area contributed by atoms with Gasteiger partial charge in [-0.1, -0.05) is 41.0 Å². The maximum atomic E-state index is 4.88. The number of rotatable bonds is 8. The smallest absolute Gasteiger partial charge is 0.103 e. The van der Waals surface area contributed by atoms with Gasteiger partial charge in [0.15, 0.2) is 0 Å². The number of hydrogen-bond donors (Lipinski definition) is 1. The molecule has 0 aliphatic carbocycles. The Labute approximate surface area is 126 Å². The topological polar surface area (TPSA) is 24.9 Å². The molecule has 1 N–H and O–H groups in total. The van der Waals surface area contributed by atoms with Gasteiger partial charge < -0.3 is 5.32 Å². The van der Waals surface area contributed by atoms with E-state index in [4.69, 9.17) is 4.98 Å². The lowest BCUT2D eigenvalue weighted by atomic mass is 9.91. The van der Waals surface area contributed by atoms with Crippen LogP contribution in [0.25, 0.3) is 0 Å². The third kappa shape index (κ3) is 5.84. The Hall–Kier alpha value is -0.0600. The largest absolute Gasteiger partial charge is 0.312 e. The molecule has 0 bridgehead atoms. The Morgan fingerprint density at radius 2 is 2.00 bits per heavy atom. The van der Waals surface area contributed by atoms with Crippen molar-refractivity contribution < 1.29 is 0 Å². The third-order valence-electron chi connectivity index (χ3n) is 2.87. The molecular weight excluding hydrogens is 272 g/mol. The lowest BCUT2D eigenvalue weighted by Crippen LogP contribution is -2.19. The van der Waals surface area contributed by atoms with Gasteiger partial charge in [-0.15, -0.1) is 11.3 Å². The molecule has 19 heavy (non-hydrogen) atoms. The van der Waals surface area contributed by atoms with E-state index >= 15 is 0 Å². The van der Waals surface area contributed by atoms with Gasteiger partial charge in [-0.05, 0) is 18.7 Å². The molecule has 1 rings (SSSR count). The van der Waals surface area contributed by atoms with Crippen molar-refractivity contribution in [1.82, 2.24) is 10.3 Å². The zero-order valence-corrected chi connectivity index (χ0v) is 14.6. The van der Waals surface area contributed by atoms with E-state index in [9.17, 15) is 0 Å². The number of hydrogen-bond acceptors (Lipinski definition) is 4. The van der Waals surface area contributed by atoms with Crippen molar-refractivity contribution in [2.45, 2.75) is 65.2 Å². The second-order valence-corrected chi connectivity index (χ2v) is 8.24. The molecule has 0 radical (unpaired) electrons. The average molecular weight is 301 g/mol. The molecular formula is C15H28N2S2. The predicted molar refractivity (Wildman–Crippen MR) is 89.3 cm³/mol. The van der Waals surface area contributed by atoms with E-state index in [1.54, 1.807) is 0 Å². The molecule has 4 heteroatoms. The third-order valence-corrected chi connectivity index (χ3v) is 5.00. The van der Waals surface area contributed by atoms with Crippen LogP contribution in [-0.2, 0) is 17.7 Å². The van der Waals surface area contributed by atoms with Gasteiger partial charge in [-0.2, -0.15) is 11.8 Å². The van der Waals surface area contributed by atoms with Gasteiger partial charge in [-0.25, -0.2) is 4.98 Å². The van der Waals surface area contributed by atoms with Crippen LogP contribution in [0.5, 0.6) is 0 Å². The normalized spacial score (nSPS) is 12.1. The number of thioether (sulfide) groups is 1. The first-order chi connectivity index (χ1) is 8.99. The minimum absolute atomic E-state index is 0.146. The Kier molecular flexibility index (Phi) is 7.40. The van der Waals surface area contributed by atoms with Gasteiger partial charge in [0, 0.05) is 22.6 Å². The highest BCUT2D eigenvalue weighted by molar-refractivity contribution is 7.98. The average Bonchev–Trinajstić information content (AvgIpc) is 2.75. The molecule has 1 aromatic heterocycles. The van der Waals surface area contributed by atoms with Crippen molar-refractivity contribution in [2.75, 3.05) is 12.3 Å². The first kappa shape index (κ1) is 17.0. The quantitative estimate of drug-likeness (QED) is 0.711. The van der Waals surface area contributed by atoms with E-state index in [0.29, 0.717) is 0 Å². The molecule has 0 aliphatic rings. The minimum Gasteiger partial charge on any atom is -0.312 e. The highest BCUT2D eigenvalue weighted by Gasteiger charge is 2.22. The van der Waals surface area contributed by atoms with Crippen molar-refractivity contribution in [3.63, 3.8) is 0 Å². The van der Waals surface area contributed by atoms with Gasteiger partial charge in [0.1, 0.15) is 5.01 Å². The van der Waals surface area contributed by atoms with Crippen molar-refractivity contribution in [3.05, 3.63) is 15.6 Å². The summed E-state index contributed by atoms with van der Waals surface area (Å²) in [6.07, 6.45) is 2.50. The number of aromatic nitrogens is 1. The van der Waals surface area contributed by atoms with Crippen LogP contribution in [-0.4, -0.2) is 17.3 Å². The van der Waals surface area contributed by atoms with Crippen LogP contribution in [0.3, 0.4) is 0 Å². The molecule has 0 fully saturated rings. The first-order valence-electron chi connectivity index (χ1n) is 7.26. The maximum Gasteiger partial charge on any atom is 0.103 e. The summed E-state index contributed by atoms with van der Waals surface area (Å²) in [5.74, 6) is 2.22. The Morgan fingerprint density at radius 3 is 2.58 bits per heavy atom. The van der Waals surface area contributed by atoms with Crippen LogP contribution in [0.1, 0.15) is 63.0 Å². The number of nitrogens with zero attached hydrogens (tertiary/aromatic N) is 1. The van der Waals surface area contributed by atoms with Crippen LogP contribution in [0, 0.1) is 0 Å². The fraction of sp³-hybridized carbons (Fsp3) is 0.800. The summed E-state index contributed by atoms with van der Waals surface area (Å²) in [5, 5.41) is 4.83. The van der Waals surface area contributed by atoms with Gasteiger partial charge in [-0.3, -0.25) is 0 Å². The lowest BCUT2D eigenvalue weighted by Gasteiger charge is -2.17. The fourth-order valence-electron chi connectivity index (χ4n) is 1.86. The summed E-state index contributed by atoms with van der Waals surface area (Å²) < 4.78 is 0. The second kappa shape index (κ2) is 8.28. The van der Waals surface area contributed by atoms with Crippen LogP contribution in [0.4, 0.5) is 0 Å². The zero-order chi connectivity index (χ0) is 14.3. The summed E-state index contributed by atoms with van der Waals surface area (Å²) in [6.45, 7) is 13.3. The van der Waals surface area contributed by atoms with Crippen molar-refractivity contribution >= 4 is 23.1 Å². The van der Waals surface area contributed by atoms with Crippen molar-refractivity contribution in [3.8, 4) is 0 Å². The summed E-state index contributed by atoms with van der Waals surface area (Å²) >= 11 is 3.84. The summed E-state index contributed by atoms with van der Waals surface area (Å²) in [6, 6.07) is 0. The van der Waals surface area contributed by atoms with E-state index in [1.165, 1.54) is 28.4 Å². The van der Waals surface area contributed by atoms with Gasteiger partial charge in [0.05, 0.1) is 5.69 Å². The maximum absolute atomic E-state index is 4.88. The lowest BCUT2D eigenvalue weighted by molar-refractivity contribution is 0.556. The predicted octanol–water partition coefficient (Wildman–Crippen LogP) is 4.58. The molecule has 0 spiro atoms. The van der Waals surface area contributed by atoms with Gasteiger partial charge in [0.25, 0.3) is 0 Å². The minimum atomic E-state index is 0.146. The summed E-state index contributed by atoms with van der Waals surface area (Å²) in [7, 11) is 0. The van der Waals surface area contributed by atoms with Crippen molar-refractivity contribution in [1.29, 1.82) is 0 Å². The van der Waals surface area contributed by atoms with Gasteiger partial charge >= 0.3 is 0 Å². The molecule has 0 aliphatic heterocycles. The Morgan fingerprint density at radius 1 is 1.26 bits per heavy atom. The monoisotopic (exact) mass is 300 g/mol. The van der Waals surface area contributed by atoms with Crippen LogP contribution in [0.15, 0.2) is 0 Å². The molecule has 2 nitrogen and oxygen atoms in total. The Balaban J connectivity index is 2.72. The Bertz CT molecular complexity index is 367. The fourth-order valence-corrected chi connectivity index (χ4v) is 3.83. The van der Waals surface area contributed by atoms with Crippen molar-refractivity contribution in [2.24, 2.45) is 0 Å². The van der Waals surface area contributed by atoms with E-state index < -0.39 is 0 Å². The molecule has 110 valence electrons. The molecule has 1 aromatic rings. The highest BCUT2D eigenvalue weighted by atomic mass is 32.2. The zero-order valence-electron chi connectivity index (χ0n) is 13.0. The summed E-state index contributed by atoms with van der Waals surface area (Å²) in [5.41, 5.74) is 1.43. The highest BCUT2D eigenvalue weighted by Crippen LogP contribution is 2.31. The number of thiazole rings is 1. The molecule has 1 heterocycles. The van der Waals surface area contributed by atoms with Crippen LogP contribution >= 0.6 is 23.1 Å². The number of nitrogens with one attached hydrogen (secondary N) is 1. The summed E-state index contributed by atoms with van der Waals surface area (Å²) in [4.78, 5) is 6.30. The second-order valence-electron chi connectivity index (χ2n) is 5.80. The molecule has 0 aromatic carbocycles.